The largest absolute Gasteiger partial charge is 0.326 e. The summed E-state index contributed by atoms with van der Waals surface area (Å²) in [5.74, 6) is 0.881. The zero-order valence-electron chi connectivity index (χ0n) is 8.57. The molecule has 2 rings (SSSR count). The Labute approximate surface area is 88.9 Å². The SMILES string of the molecule is NCc1ccnc(NC(=O)C2CCC2)c1. The van der Waals surface area contributed by atoms with Gasteiger partial charge in [-0.2, -0.15) is 0 Å². The number of amides is 1. The lowest BCUT2D eigenvalue weighted by Crippen LogP contribution is -2.28. The molecule has 4 heteroatoms. The number of nitrogens with one attached hydrogen (secondary N) is 1. The molecule has 80 valence electrons. The van der Waals surface area contributed by atoms with Crippen LogP contribution in [0.3, 0.4) is 0 Å². The monoisotopic (exact) mass is 205 g/mol. The van der Waals surface area contributed by atoms with E-state index in [0.717, 1.165) is 24.8 Å². The van der Waals surface area contributed by atoms with Crippen LogP contribution in [0.2, 0.25) is 0 Å². The summed E-state index contributed by atoms with van der Waals surface area (Å²) in [5, 5.41) is 2.81. The molecule has 1 fully saturated rings. The van der Waals surface area contributed by atoms with Crippen LogP contribution in [0.25, 0.3) is 0 Å². The first-order chi connectivity index (χ1) is 7.29. The Morgan fingerprint density at radius 2 is 2.40 bits per heavy atom. The van der Waals surface area contributed by atoms with Gasteiger partial charge in [-0.3, -0.25) is 4.79 Å². The van der Waals surface area contributed by atoms with Crippen molar-refractivity contribution in [3.05, 3.63) is 23.9 Å². The fourth-order valence-electron chi connectivity index (χ4n) is 1.57. The van der Waals surface area contributed by atoms with Crippen molar-refractivity contribution < 1.29 is 4.79 Å². The highest BCUT2D eigenvalue weighted by atomic mass is 16.2. The first kappa shape index (κ1) is 10.1. The summed E-state index contributed by atoms with van der Waals surface area (Å²) in [7, 11) is 0. The van der Waals surface area contributed by atoms with Crippen molar-refractivity contribution in [3.63, 3.8) is 0 Å². The van der Waals surface area contributed by atoms with E-state index in [-0.39, 0.29) is 11.8 Å². The van der Waals surface area contributed by atoms with Gasteiger partial charge in [-0.05, 0) is 30.5 Å². The van der Waals surface area contributed by atoms with Gasteiger partial charge in [0, 0.05) is 18.7 Å². The molecule has 1 aromatic rings. The van der Waals surface area contributed by atoms with Crippen LogP contribution < -0.4 is 11.1 Å². The van der Waals surface area contributed by atoms with E-state index in [1.165, 1.54) is 0 Å². The minimum absolute atomic E-state index is 0.0860. The van der Waals surface area contributed by atoms with Gasteiger partial charge >= 0.3 is 0 Å². The van der Waals surface area contributed by atoms with Gasteiger partial charge in [-0.1, -0.05) is 6.42 Å². The van der Waals surface area contributed by atoms with Gasteiger partial charge < -0.3 is 11.1 Å². The molecule has 1 aliphatic carbocycles. The highest BCUT2D eigenvalue weighted by Gasteiger charge is 2.25. The fraction of sp³-hybridized carbons (Fsp3) is 0.455. The molecular formula is C11H15N3O. The topological polar surface area (TPSA) is 68.0 Å². The number of carbonyl (C=O) groups is 1. The zero-order valence-corrected chi connectivity index (χ0v) is 8.57. The first-order valence-corrected chi connectivity index (χ1v) is 5.25. The molecule has 0 unspecified atom stereocenters. The van der Waals surface area contributed by atoms with Crippen molar-refractivity contribution in [2.75, 3.05) is 5.32 Å². The molecule has 0 atom stereocenters. The molecule has 0 aliphatic heterocycles. The van der Waals surface area contributed by atoms with Crippen molar-refractivity contribution >= 4 is 11.7 Å². The summed E-state index contributed by atoms with van der Waals surface area (Å²) in [6, 6.07) is 3.66. The zero-order chi connectivity index (χ0) is 10.7. The first-order valence-electron chi connectivity index (χ1n) is 5.25. The van der Waals surface area contributed by atoms with Gasteiger partial charge in [0.05, 0.1) is 0 Å². The normalized spacial score (nSPS) is 15.8. The van der Waals surface area contributed by atoms with E-state index in [1.807, 2.05) is 12.1 Å². The van der Waals surface area contributed by atoms with Gasteiger partial charge in [0.15, 0.2) is 0 Å². The number of nitrogens with two attached hydrogens (primary N) is 1. The highest BCUT2D eigenvalue weighted by molar-refractivity contribution is 5.92. The standard InChI is InChI=1S/C11H15N3O/c12-7-8-4-5-13-10(6-8)14-11(15)9-2-1-3-9/h4-6,9H,1-3,7,12H2,(H,13,14,15). The Morgan fingerprint density at radius 1 is 1.60 bits per heavy atom. The van der Waals surface area contributed by atoms with Crippen molar-refractivity contribution in [2.24, 2.45) is 11.7 Å². The minimum Gasteiger partial charge on any atom is -0.326 e. The summed E-state index contributed by atoms with van der Waals surface area (Å²) in [4.78, 5) is 15.7. The number of rotatable bonds is 3. The lowest BCUT2D eigenvalue weighted by Gasteiger charge is -2.23. The highest BCUT2D eigenvalue weighted by Crippen LogP contribution is 2.27. The van der Waals surface area contributed by atoms with Crippen LogP contribution in [0, 0.1) is 5.92 Å². The van der Waals surface area contributed by atoms with Gasteiger partial charge in [-0.15, -0.1) is 0 Å². The second kappa shape index (κ2) is 4.40. The molecule has 15 heavy (non-hydrogen) atoms. The minimum atomic E-state index is 0.0860. The molecule has 4 nitrogen and oxygen atoms in total. The van der Waals surface area contributed by atoms with E-state index < -0.39 is 0 Å². The third-order valence-electron chi connectivity index (χ3n) is 2.79. The van der Waals surface area contributed by atoms with Crippen molar-refractivity contribution in [2.45, 2.75) is 25.8 Å². The smallest absolute Gasteiger partial charge is 0.228 e. The second-order valence-electron chi connectivity index (χ2n) is 3.87. The third-order valence-corrected chi connectivity index (χ3v) is 2.79. The molecule has 1 heterocycles. The third kappa shape index (κ3) is 2.33. The van der Waals surface area contributed by atoms with E-state index in [2.05, 4.69) is 10.3 Å². The average Bonchev–Trinajstić information content (AvgIpc) is 2.15. The molecule has 3 N–H and O–H groups in total. The van der Waals surface area contributed by atoms with Gasteiger partial charge in [0.25, 0.3) is 0 Å². The Hall–Kier alpha value is -1.42. The van der Waals surface area contributed by atoms with E-state index in [0.29, 0.717) is 12.4 Å². The van der Waals surface area contributed by atoms with Gasteiger partial charge in [0.2, 0.25) is 5.91 Å². The predicted molar refractivity (Wildman–Crippen MR) is 58.1 cm³/mol. The Balaban J connectivity index is 1.99. The summed E-state index contributed by atoms with van der Waals surface area (Å²) < 4.78 is 0. The lowest BCUT2D eigenvalue weighted by atomic mass is 9.85. The van der Waals surface area contributed by atoms with Crippen LogP contribution in [0.15, 0.2) is 18.3 Å². The van der Waals surface area contributed by atoms with E-state index in [4.69, 9.17) is 5.73 Å². The molecule has 1 aromatic heterocycles. The number of aromatic nitrogens is 1. The lowest BCUT2D eigenvalue weighted by molar-refractivity contribution is -0.122. The molecular weight excluding hydrogens is 190 g/mol. The molecule has 1 aliphatic rings. The quantitative estimate of drug-likeness (QED) is 0.781. The van der Waals surface area contributed by atoms with Crippen molar-refractivity contribution in [3.8, 4) is 0 Å². The number of hydrogen-bond acceptors (Lipinski definition) is 3. The van der Waals surface area contributed by atoms with Crippen LogP contribution in [-0.4, -0.2) is 10.9 Å². The van der Waals surface area contributed by atoms with E-state index >= 15 is 0 Å². The number of anilines is 1. The maximum atomic E-state index is 11.6. The van der Waals surface area contributed by atoms with E-state index in [1.54, 1.807) is 6.20 Å². The average molecular weight is 205 g/mol. The number of nitrogens with zero attached hydrogens (tertiary/aromatic N) is 1. The Kier molecular flexibility index (Phi) is 2.97. The summed E-state index contributed by atoms with van der Waals surface area (Å²) >= 11 is 0. The number of carbonyl (C=O) groups excluding carboxylic acids is 1. The van der Waals surface area contributed by atoms with Gasteiger partial charge in [-0.25, -0.2) is 4.98 Å². The maximum Gasteiger partial charge on any atom is 0.228 e. The summed E-state index contributed by atoms with van der Waals surface area (Å²) in [6.07, 6.45) is 4.83. The van der Waals surface area contributed by atoms with Crippen LogP contribution in [-0.2, 0) is 11.3 Å². The fourth-order valence-corrected chi connectivity index (χ4v) is 1.57. The Bertz CT molecular complexity index is 361. The number of hydrogen-bond donors (Lipinski definition) is 2. The molecule has 1 amide bonds. The molecule has 0 saturated heterocycles. The molecule has 0 aromatic carbocycles. The molecule has 1 saturated carbocycles. The van der Waals surface area contributed by atoms with E-state index in [9.17, 15) is 4.79 Å². The van der Waals surface area contributed by atoms with Crippen molar-refractivity contribution in [1.82, 2.24) is 4.98 Å². The van der Waals surface area contributed by atoms with Crippen LogP contribution in [0.5, 0.6) is 0 Å². The van der Waals surface area contributed by atoms with Crippen LogP contribution in [0.4, 0.5) is 5.82 Å². The van der Waals surface area contributed by atoms with Crippen LogP contribution in [0.1, 0.15) is 24.8 Å². The molecule has 0 bridgehead atoms. The van der Waals surface area contributed by atoms with Crippen molar-refractivity contribution in [1.29, 1.82) is 0 Å². The Morgan fingerprint density at radius 3 is 3.00 bits per heavy atom. The van der Waals surface area contributed by atoms with Gasteiger partial charge in [0.1, 0.15) is 5.82 Å². The van der Waals surface area contributed by atoms with Crippen LogP contribution >= 0.6 is 0 Å². The maximum absolute atomic E-state index is 11.6. The second-order valence-corrected chi connectivity index (χ2v) is 3.87. The molecule has 0 spiro atoms. The molecule has 0 radical (unpaired) electrons. The number of pyridine rings is 1. The summed E-state index contributed by atoms with van der Waals surface area (Å²) in [6.45, 7) is 0.467. The predicted octanol–water partition coefficient (Wildman–Crippen LogP) is 1.28. The summed E-state index contributed by atoms with van der Waals surface area (Å²) in [5.41, 5.74) is 6.49.